The fourth-order valence-electron chi connectivity index (χ4n) is 1.47. The zero-order valence-corrected chi connectivity index (χ0v) is 10.4. The van der Waals surface area contributed by atoms with E-state index in [1.165, 1.54) is 0 Å². The minimum atomic E-state index is -1.69. The van der Waals surface area contributed by atoms with Crippen molar-refractivity contribution >= 4 is 46.9 Å². The van der Waals surface area contributed by atoms with E-state index in [1.807, 2.05) is 0 Å². The second kappa shape index (κ2) is 5.29. The van der Waals surface area contributed by atoms with Gasteiger partial charge in [0.25, 0.3) is 0 Å². The van der Waals surface area contributed by atoms with Gasteiger partial charge in [-0.3, -0.25) is 4.90 Å². The lowest BCUT2D eigenvalue weighted by atomic mass is 10.2. The summed E-state index contributed by atoms with van der Waals surface area (Å²) in [6.45, 7) is -0.0605. The molecule has 1 amide bonds. The smallest absolute Gasteiger partial charge is 0.410 e. The van der Waals surface area contributed by atoms with Crippen molar-refractivity contribution in [3.8, 4) is 0 Å². The molecule has 8 heteroatoms. The number of amides is 1. The number of halogens is 3. The summed E-state index contributed by atoms with van der Waals surface area (Å²) in [4.78, 5) is 23.4. The molecule has 0 aromatic carbocycles. The lowest BCUT2D eigenvalue weighted by Gasteiger charge is -2.21. The van der Waals surface area contributed by atoms with E-state index in [0.717, 1.165) is 4.90 Å². The number of rotatable bonds is 2. The van der Waals surface area contributed by atoms with Crippen molar-refractivity contribution < 1.29 is 19.4 Å². The van der Waals surface area contributed by atoms with Crippen LogP contribution in [0.3, 0.4) is 0 Å². The Balaban J connectivity index is 2.50. The highest BCUT2D eigenvalue weighted by Crippen LogP contribution is 2.27. The molecule has 0 spiro atoms. The number of aliphatic carboxylic acids is 1. The van der Waals surface area contributed by atoms with Gasteiger partial charge in [0.2, 0.25) is 3.79 Å². The SMILES string of the molecule is O=C(O)C1CCCN1C(=O)OCC(Cl)(Cl)Cl. The van der Waals surface area contributed by atoms with Crippen LogP contribution in [0.4, 0.5) is 4.79 Å². The average Bonchev–Trinajstić information content (AvgIpc) is 2.61. The first kappa shape index (κ1) is 13.7. The van der Waals surface area contributed by atoms with Crippen LogP contribution in [0.25, 0.3) is 0 Å². The molecular weight excluding hydrogens is 280 g/mol. The summed E-state index contributed by atoms with van der Waals surface area (Å²) in [5.74, 6) is -1.05. The third kappa shape index (κ3) is 3.88. The fourth-order valence-corrected chi connectivity index (χ4v) is 1.63. The molecule has 5 nitrogen and oxygen atoms in total. The molecule has 1 N–H and O–H groups in total. The molecular formula is C8H10Cl3NO4. The maximum absolute atomic E-state index is 11.5. The molecule has 1 aliphatic rings. The lowest BCUT2D eigenvalue weighted by Crippen LogP contribution is -2.41. The van der Waals surface area contributed by atoms with E-state index in [9.17, 15) is 9.59 Å². The van der Waals surface area contributed by atoms with Crippen molar-refractivity contribution in [1.82, 2.24) is 4.90 Å². The molecule has 1 fully saturated rings. The third-order valence-electron chi connectivity index (χ3n) is 2.13. The minimum absolute atomic E-state index is 0.343. The number of hydrogen-bond donors (Lipinski definition) is 1. The number of carboxylic acid groups (broad SMARTS) is 1. The molecule has 1 atom stereocenters. The Morgan fingerprint density at radius 1 is 1.44 bits per heavy atom. The van der Waals surface area contributed by atoms with Crippen LogP contribution in [0.5, 0.6) is 0 Å². The fraction of sp³-hybridized carbons (Fsp3) is 0.750. The van der Waals surface area contributed by atoms with Crippen LogP contribution >= 0.6 is 34.8 Å². The topological polar surface area (TPSA) is 66.8 Å². The van der Waals surface area contributed by atoms with Gasteiger partial charge in [0.15, 0.2) is 0 Å². The molecule has 0 aliphatic carbocycles. The minimum Gasteiger partial charge on any atom is -0.480 e. The molecule has 16 heavy (non-hydrogen) atoms. The van der Waals surface area contributed by atoms with E-state index in [1.54, 1.807) is 0 Å². The van der Waals surface area contributed by atoms with Crippen LogP contribution in [0.1, 0.15) is 12.8 Å². The Hall–Kier alpha value is -0.390. The molecule has 0 saturated carbocycles. The monoisotopic (exact) mass is 289 g/mol. The van der Waals surface area contributed by atoms with E-state index < -0.39 is 28.5 Å². The van der Waals surface area contributed by atoms with Gasteiger partial charge in [-0.2, -0.15) is 0 Å². The second-order valence-corrected chi connectivity index (χ2v) is 5.88. The lowest BCUT2D eigenvalue weighted by molar-refractivity contribution is -0.141. The molecule has 0 bridgehead atoms. The van der Waals surface area contributed by atoms with Crippen LogP contribution < -0.4 is 0 Å². The molecule has 1 rings (SSSR count). The summed E-state index contributed by atoms with van der Waals surface area (Å²) in [5.41, 5.74) is 0. The van der Waals surface area contributed by atoms with E-state index in [2.05, 4.69) is 0 Å². The van der Waals surface area contributed by atoms with Crippen molar-refractivity contribution in [3.63, 3.8) is 0 Å². The first-order valence-electron chi connectivity index (χ1n) is 4.54. The van der Waals surface area contributed by atoms with Gasteiger partial charge in [-0.25, -0.2) is 9.59 Å². The molecule has 1 heterocycles. The van der Waals surface area contributed by atoms with Gasteiger partial charge in [-0.05, 0) is 12.8 Å². The highest BCUT2D eigenvalue weighted by atomic mass is 35.6. The Bertz CT molecular complexity index is 291. The number of carboxylic acids is 1. The van der Waals surface area contributed by atoms with Gasteiger partial charge in [-0.1, -0.05) is 34.8 Å². The summed E-state index contributed by atoms with van der Waals surface area (Å²) < 4.78 is 3.01. The number of carbonyl (C=O) groups is 2. The van der Waals surface area contributed by atoms with Gasteiger partial charge in [0.1, 0.15) is 12.6 Å². The number of carbonyl (C=O) groups excluding carboxylic acids is 1. The van der Waals surface area contributed by atoms with Crippen LogP contribution in [0.15, 0.2) is 0 Å². The molecule has 1 aliphatic heterocycles. The van der Waals surface area contributed by atoms with Crippen molar-refractivity contribution in [2.24, 2.45) is 0 Å². The van der Waals surface area contributed by atoms with Gasteiger partial charge in [0.05, 0.1) is 0 Å². The third-order valence-corrected chi connectivity index (χ3v) is 2.46. The first-order chi connectivity index (χ1) is 7.31. The van der Waals surface area contributed by atoms with Gasteiger partial charge in [-0.15, -0.1) is 0 Å². The summed E-state index contributed by atoms with van der Waals surface area (Å²) in [5, 5.41) is 8.83. The number of nitrogens with zero attached hydrogens (tertiary/aromatic N) is 1. The summed E-state index contributed by atoms with van der Waals surface area (Å²) in [6, 6.07) is -0.845. The van der Waals surface area contributed by atoms with Gasteiger partial charge < -0.3 is 9.84 Å². The zero-order chi connectivity index (χ0) is 12.3. The number of hydrogen-bond acceptors (Lipinski definition) is 3. The Morgan fingerprint density at radius 2 is 2.06 bits per heavy atom. The number of ether oxygens (including phenoxy) is 1. The van der Waals surface area contributed by atoms with Crippen LogP contribution in [0, 0.1) is 0 Å². The predicted octanol–water partition coefficient (Wildman–Crippen LogP) is 2.04. The standard InChI is InChI=1S/C8H10Cl3NO4/c9-8(10,11)4-16-7(15)12-3-1-2-5(12)6(13)14/h5H,1-4H2,(H,13,14). The van der Waals surface area contributed by atoms with Gasteiger partial charge >= 0.3 is 12.1 Å². The van der Waals surface area contributed by atoms with E-state index in [-0.39, 0.29) is 0 Å². The van der Waals surface area contributed by atoms with Crippen molar-refractivity contribution in [3.05, 3.63) is 0 Å². The van der Waals surface area contributed by atoms with Crippen molar-refractivity contribution in [1.29, 1.82) is 0 Å². The number of alkyl halides is 3. The normalized spacial score (nSPS) is 20.9. The summed E-state index contributed by atoms with van der Waals surface area (Å²) >= 11 is 16.2. The zero-order valence-electron chi connectivity index (χ0n) is 8.16. The van der Waals surface area contributed by atoms with Gasteiger partial charge in [0, 0.05) is 6.54 Å². The maximum atomic E-state index is 11.5. The molecule has 0 radical (unpaired) electrons. The Labute approximate surface area is 107 Å². The molecule has 1 saturated heterocycles. The van der Waals surface area contributed by atoms with Crippen molar-refractivity contribution in [2.75, 3.05) is 13.2 Å². The van der Waals surface area contributed by atoms with Crippen LogP contribution in [-0.4, -0.2) is 45.1 Å². The van der Waals surface area contributed by atoms with E-state index >= 15 is 0 Å². The number of likely N-dealkylation sites (tertiary alicyclic amines) is 1. The van der Waals surface area contributed by atoms with Crippen LogP contribution in [-0.2, 0) is 9.53 Å². The Morgan fingerprint density at radius 3 is 2.56 bits per heavy atom. The quantitative estimate of drug-likeness (QED) is 0.790. The largest absolute Gasteiger partial charge is 0.480 e. The van der Waals surface area contributed by atoms with Crippen molar-refractivity contribution in [2.45, 2.75) is 22.7 Å². The predicted molar refractivity (Wildman–Crippen MR) is 59.0 cm³/mol. The molecule has 0 aromatic rings. The molecule has 0 aromatic heterocycles. The maximum Gasteiger partial charge on any atom is 0.410 e. The summed E-state index contributed by atoms with van der Waals surface area (Å²) in [7, 11) is 0. The Kier molecular flexibility index (Phi) is 4.52. The molecule has 92 valence electrons. The molecule has 1 unspecified atom stereocenters. The average molecular weight is 291 g/mol. The highest BCUT2D eigenvalue weighted by Gasteiger charge is 2.36. The summed E-state index contributed by atoms with van der Waals surface area (Å²) in [6.07, 6.45) is 0.272. The highest BCUT2D eigenvalue weighted by molar-refractivity contribution is 6.67. The first-order valence-corrected chi connectivity index (χ1v) is 5.67. The van der Waals surface area contributed by atoms with Crippen LogP contribution in [0.2, 0.25) is 0 Å². The van der Waals surface area contributed by atoms with E-state index in [4.69, 9.17) is 44.6 Å². The van der Waals surface area contributed by atoms with E-state index in [0.29, 0.717) is 19.4 Å². The second-order valence-electron chi connectivity index (χ2n) is 3.36.